The Morgan fingerprint density at radius 3 is 2.60 bits per heavy atom. The van der Waals surface area contributed by atoms with E-state index in [4.69, 9.17) is 10.4 Å². The summed E-state index contributed by atoms with van der Waals surface area (Å²) < 4.78 is 26.1. The van der Waals surface area contributed by atoms with Gasteiger partial charge in [-0.3, -0.25) is 4.79 Å². The summed E-state index contributed by atoms with van der Waals surface area (Å²) in [4.78, 5) is 22.7. The molecule has 0 aliphatic carbocycles. The number of rotatable bonds is 5. The van der Waals surface area contributed by atoms with Gasteiger partial charge in [0.15, 0.2) is 0 Å². The average Bonchev–Trinajstić information content (AvgIpc) is 2.37. The number of aliphatic carboxylic acids is 1. The summed E-state index contributed by atoms with van der Waals surface area (Å²) in [6.45, 7) is 1.50. The molecule has 0 spiro atoms. The quantitative estimate of drug-likeness (QED) is 0.860. The van der Waals surface area contributed by atoms with Crippen molar-refractivity contribution in [3.05, 3.63) is 35.4 Å². The molecular weight excluding hydrogens is 270 g/mol. The van der Waals surface area contributed by atoms with Gasteiger partial charge in [0.05, 0.1) is 11.6 Å². The van der Waals surface area contributed by atoms with Gasteiger partial charge in [-0.2, -0.15) is 5.26 Å². The summed E-state index contributed by atoms with van der Waals surface area (Å²) >= 11 is 0. The zero-order chi connectivity index (χ0) is 15.3. The summed E-state index contributed by atoms with van der Waals surface area (Å²) in [5, 5.41) is 19.7. The molecule has 0 unspecified atom stereocenters. The van der Waals surface area contributed by atoms with Gasteiger partial charge in [-0.05, 0) is 25.5 Å². The lowest BCUT2D eigenvalue weighted by Crippen LogP contribution is -2.42. The van der Waals surface area contributed by atoms with Gasteiger partial charge in [0.25, 0.3) is 5.91 Å². The molecule has 0 saturated heterocycles. The molecule has 106 valence electrons. The van der Waals surface area contributed by atoms with Crippen LogP contribution in [0.4, 0.5) is 8.78 Å². The number of carbonyl (C=O) groups excluding carboxylic acids is 1. The number of amides is 1. The lowest BCUT2D eigenvalue weighted by Gasteiger charge is -2.15. The van der Waals surface area contributed by atoms with Crippen LogP contribution in [0.15, 0.2) is 18.2 Å². The third-order valence-electron chi connectivity index (χ3n) is 2.59. The summed E-state index contributed by atoms with van der Waals surface area (Å²) in [5.74, 6) is -4.82. The van der Waals surface area contributed by atoms with E-state index in [9.17, 15) is 18.4 Å². The van der Waals surface area contributed by atoms with Crippen LogP contribution in [0.2, 0.25) is 0 Å². The maximum atomic E-state index is 13.4. The molecular formula is C13H12F2N2O3. The highest BCUT2D eigenvalue weighted by Gasteiger charge is 2.24. The smallest absolute Gasteiger partial charge is 0.326 e. The van der Waals surface area contributed by atoms with Gasteiger partial charge < -0.3 is 10.4 Å². The van der Waals surface area contributed by atoms with Gasteiger partial charge in [0.1, 0.15) is 17.7 Å². The third kappa shape index (κ3) is 4.02. The van der Waals surface area contributed by atoms with E-state index in [1.807, 2.05) is 6.07 Å². The maximum absolute atomic E-state index is 13.4. The van der Waals surface area contributed by atoms with E-state index >= 15 is 0 Å². The molecule has 2 atom stereocenters. The third-order valence-corrected chi connectivity index (χ3v) is 2.59. The number of benzene rings is 1. The highest BCUT2D eigenvalue weighted by molar-refractivity contribution is 5.96. The van der Waals surface area contributed by atoms with Crippen molar-refractivity contribution < 1.29 is 23.5 Å². The van der Waals surface area contributed by atoms with Gasteiger partial charge in [0, 0.05) is 12.0 Å². The van der Waals surface area contributed by atoms with Gasteiger partial charge in [-0.1, -0.05) is 0 Å². The molecule has 2 N–H and O–H groups in total. The molecule has 0 radical (unpaired) electrons. The van der Waals surface area contributed by atoms with Crippen LogP contribution in [0.3, 0.4) is 0 Å². The molecule has 7 heteroatoms. The number of hydrogen-bond donors (Lipinski definition) is 2. The first-order valence-corrected chi connectivity index (χ1v) is 5.73. The van der Waals surface area contributed by atoms with Crippen LogP contribution >= 0.6 is 0 Å². The maximum Gasteiger partial charge on any atom is 0.326 e. The van der Waals surface area contributed by atoms with Crippen LogP contribution in [0.25, 0.3) is 0 Å². The van der Waals surface area contributed by atoms with Crippen molar-refractivity contribution in [3.63, 3.8) is 0 Å². The van der Waals surface area contributed by atoms with Crippen LogP contribution in [-0.2, 0) is 4.79 Å². The Hall–Kier alpha value is -2.49. The first-order chi connectivity index (χ1) is 9.35. The molecule has 0 aromatic heterocycles. The predicted octanol–water partition coefficient (Wildman–Crippen LogP) is 1.70. The Bertz CT molecular complexity index is 569. The second-order valence-electron chi connectivity index (χ2n) is 4.25. The number of nitrogens with one attached hydrogen (secondary N) is 1. The number of hydrogen-bond acceptors (Lipinski definition) is 3. The molecule has 1 amide bonds. The normalized spacial score (nSPS) is 13.1. The van der Waals surface area contributed by atoms with Crippen molar-refractivity contribution in [3.8, 4) is 6.07 Å². The summed E-state index contributed by atoms with van der Waals surface area (Å²) in [7, 11) is 0. The number of carboxylic acid groups (broad SMARTS) is 1. The molecule has 5 nitrogen and oxygen atoms in total. The molecule has 0 heterocycles. The molecule has 20 heavy (non-hydrogen) atoms. The predicted molar refractivity (Wildman–Crippen MR) is 64.6 cm³/mol. The van der Waals surface area contributed by atoms with Crippen LogP contribution in [0.5, 0.6) is 0 Å². The summed E-state index contributed by atoms with van der Waals surface area (Å²) in [6.07, 6.45) is -0.111. The van der Waals surface area contributed by atoms with E-state index in [0.29, 0.717) is 6.07 Å². The van der Waals surface area contributed by atoms with Crippen LogP contribution < -0.4 is 5.32 Å². The fourth-order valence-electron chi connectivity index (χ4n) is 1.54. The molecule has 1 rings (SSSR count). The number of halogens is 2. The Morgan fingerprint density at radius 1 is 1.45 bits per heavy atom. The van der Waals surface area contributed by atoms with Gasteiger partial charge in [-0.25, -0.2) is 13.6 Å². The second kappa shape index (κ2) is 6.61. The minimum Gasteiger partial charge on any atom is -0.480 e. The molecule has 0 aliphatic rings. The van der Waals surface area contributed by atoms with E-state index in [2.05, 4.69) is 5.32 Å². The molecule has 0 saturated carbocycles. The van der Waals surface area contributed by atoms with E-state index in [-0.39, 0.29) is 6.42 Å². The van der Waals surface area contributed by atoms with E-state index in [1.165, 1.54) is 6.92 Å². The Morgan fingerprint density at radius 2 is 2.10 bits per heavy atom. The number of carboxylic acids is 1. The SMILES string of the molecule is C[C@@H](C#N)C[C@@H](NC(=O)c1ccc(F)cc1F)C(=O)O. The van der Waals surface area contributed by atoms with E-state index in [1.54, 1.807) is 0 Å². The van der Waals surface area contributed by atoms with Crippen molar-refractivity contribution in [1.82, 2.24) is 5.32 Å². The molecule has 0 aliphatic heterocycles. The standard InChI is InChI=1S/C13H12F2N2O3/c1-7(6-16)4-11(13(19)20)17-12(18)9-3-2-8(14)5-10(9)15/h2-3,5,7,11H,4H2,1H3,(H,17,18)(H,19,20)/t7-,11-/m1/s1. The Kier molecular flexibility index (Phi) is 5.15. The van der Waals surface area contributed by atoms with Crippen molar-refractivity contribution in [2.75, 3.05) is 0 Å². The zero-order valence-electron chi connectivity index (χ0n) is 10.6. The molecule has 1 aromatic rings. The van der Waals surface area contributed by atoms with Crippen LogP contribution in [-0.4, -0.2) is 23.0 Å². The molecule has 1 aromatic carbocycles. The fraction of sp³-hybridized carbons (Fsp3) is 0.308. The highest BCUT2D eigenvalue weighted by atomic mass is 19.1. The average molecular weight is 282 g/mol. The summed E-state index contributed by atoms with van der Waals surface area (Å²) in [5.41, 5.74) is -0.456. The fourth-order valence-corrected chi connectivity index (χ4v) is 1.54. The minimum atomic E-state index is -1.33. The first-order valence-electron chi connectivity index (χ1n) is 5.73. The zero-order valence-corrected chi connectivity index (χ0v) is 10.6. The number of carbonyl (C=O) groups is 2. The topological polar surface area (TPSA) is 90.2 Å². The van der Waals surface area contributed by atoms with Crippen molar-refractivity contribution in [2.24, 2.45) is 5.92 Å². The van der Waals surface area contributed by atoms with E-state index in [0.717, 1.165) is 12.1 Å². The number of nitriles is 1. The Balaban J connectivity index is 2.86. The van der Waals surface area contributed by atoms with Crippen molar-refractivity contribution in [2.45, 2.75) is 19.4 Å². The Labute approximate surface area is 113 Å². The minimum absolute atomic E-state index is 0.111. The van der Waals surface area contributed by atoms with Crippen LogP contribution in [0.1, 0.15) is 23.7 Å². The van der Waals surface area contributed by atoms with Gasteiger partial charge in [0.2, 0.25) is 0 Å². The first kappa shape index (κ1) is 15.6. The lowest BCUT2D eigenvalue weighted by molar-refractivity contribution is -0.139. The van der Waals surface area contributed by atoms with Gasteiger partial charge >= 0.3 is 5.97 Å². The van der Waals surface area contributed by atoms with Crippen molar-refractivity contribution >= 4 is 11.9 Å². The largest absolute Gasteiger partial charge is 0.480 e. The van der Waals surface area contributed by atoms with E-state index < -0.39 is 41.0 Å². The van der Waals surface area contributed by atoms with Gasteiger partial charge in [-0.15, -0.1) is 0 Å². The van der Waals surface area contributed by atoms with Crippen molar-refractivity contribution in [1.29, 1.82) is 5.26 Å². The second-order valence-corrected chi connectivity index (χ2v) is 4.25. The lowest BCUT2D eigenvalue weighted by atomic mass is 10.0. The molecule has 0 fully saturated rings. The molecule has 0 bridgehead atoms. The number of nitrogens with zero attached hydrogens (tertiary/aromatic N) is 1. The van der Waals surface area contributed by atoms with Crippen LogP contribution in [0, 0.1) is 28.9 Å². The highest BCUT2D eigenvalue weighted by Crippen LogP contribution is 2.11. The monoisotopic (exact) mass is 282 g/mol. The summed E-state index contributed by atoms with van der Waals surface area (Å²) in [6, 6.07) is 2.87.